The van der Waals surface area contributed by atoms with Gasteiger partial charge < -0.3 is 9.47 Å². The van der Waals surface area contributed by atoms with Crippen LogP contribution in [0.3, 0.4) is 0 Å². The molecule has 3 rings (SSSR count). The number of fused-ring (bicyclic) bond motifs is 1. The van der Waals surface area contributed by atoms with Crippen LogP contribution in [0.5, 0.6) is 11.5 Å². The van der Waals surface area contributed by atoms with Gasteiger partial charge in [0.2, 0.25) is 0 Å². The van der Waals surface area contributed by atoms with E-state index in [-0.39, 0.29) is 16.5 Å². The Hall–Kier alpha value is -2.83. The molecule has 0 aliphatic rings. The quantitative estimate of drug-likeness (QED) is 0.420. The van der Waals surface area contributed by atoms with Crippen LogP contribution in [-0.4, -0.2) is 6.61 Å². The number of benzene rings is 3. The Morgan fingerprint density at radius 1 is 0.846 bits per heavy atom. The van der Waals surface area contributed by atoms with Crippen molar-refractivity contribution in [3.8, 4) is 11.5 Å². The van der Waals surface area contributed by atoms with Crippen molar-refractivity contribution in [2.75, 3.05) is 6.61 Å². The SMILES string of the molecule is CCOc1ccc(C(F)(F)Oc2ccc3c(F)c(F)c(F)cc3c2)cc1. The topological polar surface area (TPSA) is 18.5 Å². The van der Waals surface area contributed by atoms with E-state index in [4.69, 9.17) is 9.47 Å². The smallest absolute Gasteiger partial charge is 0.426 e. The summed E-state index contributed by atoms with van der Waals surface area (Å²) >= 11 is 0. The van der Waals surface area contributed by atoms with Crippen molar-refractivity contribution >= 4 is 10.8 Å². The highest BCUT2D eigenvalue weighted by Crippen LogP contribution is 2.34. The standard InChI is InChI=1S/C19H13F5O2/c1-2-25-13-5-3-12(4-6-13)19(23,24)26-14-7-8-15-11(9-14)10-16(20)18(22)17(15)21/h3-10H,2H2,1H3. The van der Waals surface area contributed by atoms with Crippen LogP contribution in [0.4, 0.5) is 22.0 Å². The van der Waals surface area contributed by atoms with Crippen LogP contribution in [0.1, 0.15) is 12.5 Å². The van der Waals surface area contributed by atoms with Crippen LogP contribution in [-0.2, 0) is 6.11 Å². The van der Waals surface area contributed by atoms with Crippen molar-refractivity contribution in [3.05, 3.63) is 71.5 Å². The Bertz CT molecular complexity index is 939. The molecule has 0 radical (unpaired) electrons. The van der Waals surface area contributed by atoms with Crippen molar-refractivity contribution in [2.24, 2.45) is 0 Å². The zero-order chi connectivity index (χ0) is 18.9. The molecule has 0 spiro atoms. The maximum Gasteiger partial charge on any atom is 0.426 e. The lowest BCUT2D eigenvalue weighted by molar-refractivity contribution is -0.185. The number of halogens is 5. The maximum absolute atomic E-state index is 14.3. The third kappa shape index (κ3) is 3.42. The normalized spacial score (nSPS) is 11.6. The molecule has 136 valence electrons. The molecule has 26 heavy (non-hydrogen) atoms. The highest BCUT2D eigenvalue weighted by molar-refractivity contribution is 5.84. The molecule has 0 aromatic heterocycles. The third-order valence-electron chi connectivity index (χ3n) is 3.69. The first-order valence-corrected chi connectivity index (χ1v) is 7.69. The number of ether oxygens (including phenoxy) is 2. The molecule has 0 bridgehead atoms. The van der Waals surface area contributed by atoms with Crippen molar-refractivity contribution in [1.29, 1.82) is 0 Å². The predicted octanol–water partition coefficient (Wildman–Crippen LogP) is 5.78. The molecule has 0 aliphatic heterocycles. The lowest BCUT2D eigenvalue weighted by atomic mass is 10.1. The molecule has 0 unspecified atom stereocenters. The number of rotatable bonds is 5. The van der Waals surface area contributed by atoms with Gasteiger partial charge in [-0.1, -0.05) is 0 Å². The van der Waals surface area contributed by atoms with E-state index in [9.17, 15) is 22.0 Å². The minimum Gasteiger partial charge on any atom is -0.494 e. The molecule has 0 saturated heterocycles. The summed E-state index contributed by atoms with van der Waals surface area (Å²) in [5, 5.41) is -0.331. The van der Waals surface area contributed by atoms with Gasteiger partial charge in [0.15, 0.2) is 17.5 Å². The van der Waals surface area contributed by atoms with Crippen molar-refractivity contribution in [1.82, 2.24) is 0 Å². The molecule has 0 fully saturated rings. The Balaban J connectivity index is 1.90. The molecule has 3 aromatic rings. The van der Waals surface area contributed by atoms with Gasteiger partial charge in [0.25, 0.3) is 0 Å². The number of hydrogen-bond acceptors (Lipinski definition) is 2. The van der Waals surface area contributed by atoms with Gasteiger partial charge in [-0.15, -0.1) is 0 Å². The Kier molecular flexibility index (Phi) is 4.71. The molecular formula is C19H13F5O2. The first kappa shape index (κ1) is 18.0. The highest BCUT2D eigenvalue weighted by atomic mass is 19.3. The molecule has 3 aromatic carbocycles. The predicted molar refractivity (Wildman–Crippen MR) is 86.0 cm³/mol. The van der Waals surface area contributed by atoms with Crippen LogP contribution in [0, 0.1) is 17.5 Å². The first-order chi connectivity index (χ1) is 12.3. The van der Waals surface area contributed by atoms with Crippen molar-refractivity contribution in [2.45, 2.75) is 13.0 Å². The summed E-state index contributed by atoms with van der Waals surface area (Å²) in [6.45, 7) is 2.17. The van der Waals surface area contributed by atoms with Crippen molar-refractivity contribution < 1.29 is 31.4 Å². The largest absolute Gasteiger partial charge is 0.494 e. The van der Waals surface area contributed by atoms with E-state index in [1.54, 1.807) is 6.92 Å². The van der Waals surface area contributed by atoms with Gasteiger partial charge in [0.05, 0.1) is 12.2 Å². The second kappa shape index (κ2) is 6.82. The van der Waals surface area contributed by atoms with E-state index in [0.717, 1.165) is 36.4 Å². The van der Waals surface area contributed by atoms with Crippen LogP contribution < -0.4 is 9.47 Å². The third-order valence-corrected chi connectivity index (χ3v) is 3.69. The summed E-state index contributed by atoms with van der Waals surface area (Å²) in [6.07, 6.45) is -3.68. The summed E-state index contributed by atoms with van der Waals surface area (Å²) in [4.78, 5) is 0. The Labute approximate surface area is 145 Å². The van der Waals surface area contributed by atoms with E-state index in [1.807, 2.05) is 0 Å². The van der Waals surface area contributed by atoms with Gasteiger partial charge in [0.1, 0.15) is 11.5 Å². The second-order valence-corrected chi connectivity index (χ2v) is 5.45. The van der Waals surface area contributed by atoms with Gasteiger partial charge in [-0.25, -0.2) is 13.2 Å². The van der Waals surface area contributed by atoms with Crippen LogP contribution in [0.25, 0.3) is 10.8 Å². The van der Waals surface area contributed by atoms with Gasteiger partial charge in [-0.2, -0.15) is 8.78 Å². The first-order valence-electron chi connectivity index (χ1n) is 7.69. The van der Waals surface area contributed by atoms with Gasteiger partial charge in [-0.05, 0) is 60.8 Å². The van der Waals surface area contributed by atoms with Gasteiger partial charge >= 0.3 is 6.11 Å². The van der Waals surface area contributed by atoms with Gasteiger partial charge in [0, 0.05) is 5.39 Å². The molecule has 2 nitrogen and oxygen atoms in total. The molecule has 0 heterocycles. The van der Waals surface area contributed by atoms with E-state index in [1.165, 1.54) is 12.1 Å². The summed E-state index contributed by atoms with van der Waals surface area (Å²) < 4.78 is 78.7. The van der Waals surface area contributed by atoms with E-state index >= 15 is 0 Å². The molecular weight excluding hydrogens is 355 g/mol. The molecule has 0 amide bonds. The van der Waals surface area contributed by atoms with E-state index < -0.39 is 29.1 Å². The number of alkyl halides is 2. The van der Waals surface area contributed by atoms with Gasteiger partial charge in [-0.3, -0.25) is 0 Å². The summed E-state index contributed by atoms with van der Waals surface area (Å²) in [5.41, 5.74) is -0.419. The lowest BCUT2D eigenvalue weighted by Crippen LogP contribution is -2.21. The zero-order valence-electron chi connectivity index (χ0n) is 13.5. The fourth-order valence-corrected chi connectivity index (χ4v) is 2.47. The average molecular weight is 368 g/mol. The fraction of sp³-hybridized carbons (Fsp3) is 0.158. The summed E-state index contributed by atoms with van der Waals surface area (Å²) in [5.74, 6) is -4.30. The van der Waals surface area contributed by atoms with Crippen LogP contribution in [0.2, 0.25) is 0 Å². The van der Waals surface area contributed by atoms with E-state index in [0.29, 0.717) is 12.4 Å². The fourth-order valence-electron chi connectivity index (χ4n) is 2.47. The molecule has 0 atom stereocenters. The molecule has 0 aliphatic carbocycles. The molecule has 0 N–H and O–H groups in total. The zero-order valence-corrected chi connectivity index (χ0v) is 13.5. The molecule has 0 saturated carbocycles. The average Bonchev–Trinajstić information content (AvgIpc) is 2.60. The Morgan fingerprint density at radius 3 is 2.15 bits per heavy atom. The minimum absolute atomic E-state index is 0.0959. The minimum atomic E-state index is -3.68. The van der Waals surface area contributed by atoms with E-state index in [2.05, 4.69) is 0 Å². The van der Waals surface area contributed by atoms with Crippen molar-refractivity contribution in [3.63, 3.8) is 0 Å². The summed E-state index contributed by atoms with van der Waals surface area (Å²) in [7, 11) is 0. The second-order valence-electron chi connectivity index (χ2n) is 5.45. The lowest BCUT2D eigenvalue weighted by Gasteiger charge is -2.19. The maximum atomic E-state index is 14.3. The number of hydrogen-bond donors (Lipinski definition) is 0. The highest BCUT2D eigenvalue weighted by Gasteiger charge is 2.34. The molecule has 7 heteroatoms. The monoisotopic (exact) mass is 368 g/mol. The summed E-state index contributed by atoms with van der Waals surface area (Å²) in [6, 6.07) is 8.91. The van der Waals surface area contributed by atoms with Crippen LogP contribution >= 0.6 is 0 Å². The van der Waals surface area contributed by atoms with Crippen LogP contribution in [0.15, 0.2) is 48.5 Å². The Morgan fingerprint density at radius 2 is 1.50 bits per heavy atom.